The van der Waals surface area contributed by atoms with Crippen LogP contribution in [-0.2, 0) is 4.79 Å². The summed E-state index contributed by atoms with van der Waals surface area (Å²) in [6.45, 7) is 3.47. The fourth-order valence-corrected chi connectivity index (χ4v) is 2.35. The molecule has 9 heteroatoms. The highest BCUT2D eigenvalue weighted by atomic mass is 35.5. The van der Waals surface area contributed by atoms with Crippen molar-refractivity contribution >= 4 is 58.0 Å². The summed E-state index contributed by atoms with van der Waals surface area (Å²) in [4.78, 5) is 11.8. The lowest BCUT2D eigenvalue weighted by atomic mass is 10.3. The minimum absolute atomic E-state index is 0.00538. The fraction of sp³-hybridized carbons (Fsp3) is 0.167. The molecule has 1 aromatic carbocycles. The van der Waals surface area contributed by atoms with Gasteiger partial charge in [0.15, 0.2) is 17.5 Å². The van der Waals surface area contributed by atoms with Crippen LogP contribution in [0.2, 0.25) is 15.1 Å². The molecule has 1 rings (SSSR count). The van der Waals surface area contributed by atoms with E-state index in [9.17, 15) is 4.79 Å². The fourth-order valence-electron chi connectivity index (χ4n) is 1.31. The minimum atomic E-state index is -0.480. The summed E-state index contributed by atoms with van der Waals surface area (Å²) in [5.41, 5.74) is 7.90. The summed E-state index contributed by atoms with van der Waals surface area (Å²) in [7, 11) is 0. The van der Waals surface area contributed by atoms with Gasteiger partial charge in [0.2, 0.25) is 0 Å². The number of benzene rings is 1. The van der Waals surface area contributed by atoms with Crippen molar-refractivity contribution in [1.29, 1.82) is 0 Å². The van der Waals surface area contributed by atoms with E-state index in [2.05, 4.69) is 12.0 Å². The summed E-state index contributed by atoms with van der Waals surface area (Å²) < 4.78 is 5.27. The number of thiocarbonyl (C=S) groups is 1. The zero-order valence-electron chi connectivity index (χ0n) is 10.7. The van der Waals surface area contributed by atoms with Gasteiger partial charge in [0.1, 0.15) is 0 Å². The van der Waals surface area contributed by atoms with E-state index in [1.807, 2.05) is 0 Å². The summed E-state index contributed by atoms with van der Waals surface area (Å²) in [6, 6.07) is 2.92. The van der Waals surface area contributed by atoms with Gasteiger partial charge in [-0.05, 0) is 24.4 Å². The van der Waals surface area contributed by atoms with Crippen LogP contribution in [-0.4, -0.2) is 29.2 Å². The Balaban J connectivity index is 2.65. The maximum absolute atomic E-state index is 11.8. The summed E-state index contributed by atoms with van der Waals surface area (Å²) in [5, 5.41) is 2.03. The summed E-state index contributed by atoms with van der Waals surface area (Å²) >= 11 is 22.4. The van der Waals surface area contributed by atoms with Crippen LogP contribution in [0.3, 0.4) is 0 Å². The molecular weight excluding hydrogens is 357 g/mol. The molecule has 0 unspecified atom stereocenters. The van der Waals surface area contributed by atoms with Crippen LogP contribution in [0, 0.1) is 0 Å². The first-order valence-corrected chi connectivity index (χ1v) is 7.14. The second kappa shape index (κ2) is 8.29. The average molecular weight is 369 g/mol. The number of rotatable bonds is 5. The zero-order valence-corrected chi connectivity index (χ0v) is 13.8. The van der Waals surface area contributed by atoms with Gasteiger partial charge in [-0.1, -0.05) is 40.9 Å². The van der Waals surface area contributed by atoms with E-state index < -0.39 is 5.91 Å². The van der Waals surface area contributed by atoms with Gasteiger partial charge in [-0.2, -0.15) is 0 Å². The lowest BCUT2D eigenvalue weighted by molar-refractivity contribution is -0.126. The Hall–Kier alpha value is -1.21. The molecule has 21 heavy (non-hydrogen) atoms. The Labute approximate surface area is 142 Å². The number of amides is 1. The van der Waals surface area contributed by atoms with Crippen molar-refractivity contribution in [1.82, 2.24) is 10.4 Å². The highest BCUT2D eigenvalue weighted by Crippen LogP contribution is 2.35. The van der Waals surface area contributed by atoms with Gasteiger partial charge in [0.25, 0.3) is 5.91 Å². The number of nitrogens with two attached hydrogens (primary N) is 1. The number of carbonyl (C=O) groups excluding carboxylic acids is 1. The molecule has 1 aromatic rings. The smallest absolute Gasteiger partial charge is 0.276 e. The molecule has 0 saturated carbocycles. The molecule has 0 aliphatic heterocycles. The van der Waals surface area contributed by atoms with E-state index in [0.717, 1.165) is 0 Å². The van der Waals surface area contributed by atoms with Gasteiger partial charge in [-0.3, -0.25) is 15.2 Å². The Morgan fingerprint density at radius 1 is 1.43 bits per heavy atom. The average Bonchev–Trinajstić information content (AvgIpc) is 2.36. The lowest BCUT2D eigenvalue weighted by Gasteiger charge is -2.21. The first-order chi connectivity index (χ1) is 9.85. The largest absolute Gasteiger partial charge is 0.481 e. The van der Waals surface area contributed by atoms with E-state index in [0.29, 0.717) is 5.02 Å². The van der Waals surface area contributed by atoms with E-state index in [4.69, 9.17) is 57.5 Å². The topological polar surface area (TPSA) is 67.6 Å². The van der Waals surface area contributed by atoms with Crippen LogP contribution in [0.25, 0.3) is 0 Å². The van der Waals surface area contributed by atoms with Crippen LogP contribution in [0.15, 0.2) is 24.8 Å². The maximum Gasteiger partial charge on any atom is 0.276 e. The van der Waals surface area contributed by atoms with Crippen LogP contribution >= 0.6 is 47.0 Å². The van der Waals surface area contributed by atoms with Crippen LogP contribution in [0.1, 0.15) is 0 Å². The second-order valence-corrected chi connectivity index (χ2v) is 5.43. The third-order valence-corrected chi connectivity index (χ3v) is 3.15. The zero-order chi connectivity index (χ0) is 16.0. The maximum atomic E-state index is 11.8. The number of halogens is 3. The molecular formula is C12H12Cl3N3O2S. The highest BCUT2D eigenvalue weighted by Gasteiger charge is 2.13. The van der Waals surface area contributed by atoms with Crippen molar-refractivity contribution in [2.75, 3.05) is 13.2 Å². The van der Waals surface area contributed by atoms with Crippen molar-refractivity contribution < 1.29 is 9.53 Å². The SMILES string of the molecule is C=CCN(NC(=O)COc1c(Cl)cc(Cl)cc1Cl)C(N)=S. The molecule has 5 nitrogen and oxygen atoms in total. The molecule has 0 aliphatic rings. The third kappa shape index (κ3) is 5.59. The van der Waals surface area contributed by atoms with Gasteiger partial charge >= 0.3 is 0 Å². The van der Waals surface area contributed by atoms with Gasteiger partial charge in [0, 0.05) is 5.02 Å². The van der Waals surface area contributed by atoms with Crippen molar-refractivity contribution in [3.63, 3.8) is 0 Å². The molecule has 0 aromatic heterocycles. The van der Waals surface area contributed by atoms with E-state index >= 15 is 0 Å². The van der Waals surface area contributed by atoms with Gasteiger partial charge in [-0.15, -0.1) is 6.58 Å². The van der Waals surface area contributed by atoms with Crippen LogP contribution in [0.4, 0.5) is 0 Å². The molecule has 3 N–H and O–H groups in total. The first kappa shape index (κ1) is 17.8. The van der Waals surface area contributed by atoms with E-state index in [-0.39, 0.29) is 34.1 Å². The summed E-state index contributed by atoms with van der Waals surface area (Å²) in [5.74, 6) is -0.310. The third-order valence-electron chi connectivity index (χ3n) is 2.15. The normalized spacial score (nSPS) is 9.86. The molecule has 1 amide bonds. The standard InChI is InChI=1S/C12H12Cl3N3O2S/c1-2-3-18(12(16)21)17-10(19)6-20-11-8(14)4-7(13)5-9(11)15/h2,4-5H,1,3,6H2,(H2,16,21)(H,17,19). The number of carbonyl (C=O) groups is 1. The Kier molecular flexibility index (Phi) is 7.04. The van der Waals surface area contributed by atoms with E-state index in [1.165, 1.54) is 23.2 Å². The molecule has 0 spiro atoms. The number of hydrogen-bond acceptors (Lipinski definition) is 3. The molecule has 0 saturated heterocycles. The Morgan fingerprint density at radius 3 is 2.48 bits per heavy atom. The lowest BCUT2D eigenvalue weighted by Crippen LogP contribution is -2.50. The predicted molar refractivity (Wildman–Crippen MR) is 88.8 cm³/mol. The molecule has 0 bridgehead atoms. The molecule has 0 radical (unpaired) electrons. The Bertz CT molecular complexity index is 546. The number of ether oxygens (including phenoxy) is 1. The number of nitrogens with one attached hydrogen (secondary N) is 1. The molecule has 114 valence electrons. The van der Waals surface area contributed by atoms with Crippen LogP contribution in [0.5, 0.6) is 5.75 Å². The van der Waals surface area contributed by atoms with Gasteiger partial charge < -0.3 is 10.5 Å². The highest BCUT2D eigenvalue weighted by molar-refractivity contribution is 7.80. The monoisotopic (exact) mass is 367 g/mol. The molecule has 0 heterocycles. The number of hydrogen-bond donors (Lipinski definition) is 2. The summed E-state index contributed by atoms with van der Waals surface area (Å²) in [6.07, 6.45) is 1.53. The minimum Gasteiger partial charge on any atom is -0.481 e. The van der Waals surface area contributed by atoms with Crippen molar-refractivity contribution in [3.05, 3.63) is 39.9 Å². The molecule has 0 atom stereocenters. The van der Waals surface area contributed by atoms with Crippen molar-refractivity contribution in [2.24, 2.45) is 5.73 Å². The van der Waals surface area contributed by atoms with Crippen molar-refractivity contribution in [3.8, 4) is 5.75 Å². The second-order valence-electron chi connectivity index (χ2n) is 3.76. The number of nitrogens with zero attached hydrogens (tertiary/aromatic N) is 1. The number of hydrazine groups is 1. The van der Waals surface area contributed by atoms with Crippen molar-refractivity contribution in [2.45, 2.75) is 0 Å². The first-order valence-electron chi connectivity index (χ1n) is 5.59. The van der Waals surface area contributed by atoms with E-state index in [1.54, 1.807) is 0 Å². The quantitative estimate of drug-likeness (QED) is 0.475. The molecule has 0 fully saturated rings. The predicted octanol–water partition coefficient (Wildman–Crippen LogP) is 2.79. The van der Waals surface area contributed by atoms with Crippen LogP contribution < -0.4 is 15.9 Å². The van der Waals surface area contributed by atoms with Gasteiger partial charge in [-0.25, -0.2) is 0 Å². The Morgan fingerprint density at radius 2 is 2.00 bits per heavy atom. The molecule has 0 aliphatic carbocycles. The van der Waals surface area contributed by atoms with Gasteiger partial charge in [0.05, 0.1) is 16.6 Å².